The van der Waals surface area contributed by atoms with E-state index in [-0.39, 0.29) is 12.3 Å². The zero-order chi connectivity index (χ0) is 11.9. The number of hydrogen-bond acceptors (Lipinski definition) is 3. The van der Waals surface area contributed by atoms with E-state index in [4.69, 9.17) is 4.74 Å². The highest BCUT2D eigenvalue weighted by atomic mass is 19.1. The van der Waals surface area contributed by atoms with Crippen LogP contribution in [-0.4, -0.2) is 39.1 Å². The molecule has 0 aromatic carbocycles. The van der Waals surface area contributed by atoms with Crippen LogP contribution in [0.25, 0.3) is 0 Å². The van der Waals surface area contributed by atoms with Gasteiger partial charge in [-0.3, -0.25) is 9.18 Å². The predicted molar refractivity (Wildman–Crippen MR) is 56.4 cm³/mol. The van der Waals surface area contributed by atoms with Gasteiger partial charge in [-0.25, -0.2) is 0 Å². The number of halogens is 1. The number of nitrogens with one attached hydrogen (secondary N) is 1. The number of amides is 1. The van der Waals surface area contributed by atoms with Gasteiger partial charge < -0.3 is 14.8 Å². The Morgan fingerprint density at radius 3 is 2.60 bits per heavy atom. The number of rotatable bonds is 8. The summed E-state index contributed by atoms with van der Waals surface area (Å²) in [7, 11) is 0.500. The fourth-order valence-corrected chi connectivity index (χ4v) is 0.787. The standard InChI is InChI=1S/C9H17NO3.CH3F/c1-2-7-13-8-5-10-9(12)4-3-6-11;1-2/h6H,2-5,7-8H2,1H3,(H,10,12);1H3. The summed E-state index contributed by atoms with van der Waals surface area (Å²) in [6, 6.07) is 0. The van der Waals surface area contributed by atoms with Crippen LogP contribution in [0.2, 0.25) is 0 Å². The topological polar surface area (TPSA) is 55.4 Å². The Kier molecular flexibility index (Phi) is 17.0. The summed E-state index contributed by atoms with van der Waals surface area (Å²) in [5, 5.41) is 2.65. The van der Waals surface area contributed by atoms with Crippen molar-refractivity contribution in [2.45, 2.75) is 26.2 Å². The molecular weight excluding hydrogens is 201 g/mol. The molecule has 0 saturated heterocycles. The van der Waals surface area contributed by atoms with Crippen LogP contribution in [0.3, 0.4) is 0 Å². The molecule has 0 rings (SSSR count). The summed E-state index contributed by atoms with van der Waals surface area (Å²) < 4.78 is 14.7. The maximum atomic E-state index is 10.9. The lowest BCUT2D eigenvalue weighted by Gasteiger charge is -2.04. The van der Waals surface area contributed by atoms with Gasteiger partial charge in [0.2, 0.25) is 5.91 Å². The lowest BCUT2D eigenvalue weighted by molar-refractivity contribution is -0.122. The number of carbonyl (C=O) groups is 2. The summed E-state index contributed by atoms with van der Waals surface area (Å²) >= 11 is 0. The zero-order valence-electron chi connectivity index (χ0n) is 9.42. The van der Waals surface area contributed by atoms with Gasteiger partial charge in [-0.1, -0.05) is 6.92 Å². The molecule has 0 aliphatic heterocycles. The number of hydrogen-bond donors (Lipinski definition) is 1. The van der Waals surface area contributed by atoms with E-state index in [0.29, 0.717) is 26.7 Å². The van der Waals surface area contributed by atoms with Gasteiger partial charge in [0.05, 0.1) is 13.8 Å². The molecule has 0 radical (unpaired) electrons. The second-order valence-electron chi connectivity index (χ2n) is 2.67. The van der Waals surface area contributed by atoms with E-state index in [1.807, 2.05) is 6.92 Å². The fourth-order valence-electron chi connectivity index (χ4n) is 0.787. The first-order valence-corrected chi connectivity index (χ1v) is 4.97. The van der Waals surface area contributed by atoms with Gasteiger partial charge in [-0.15, -0.1) is 0 Å². The molecule has 0 unspecified atom stereocenters. The van der Waals surface area contributed by atoms with E-state index < -0.39 is 0 Å². The molecule has 0 aliphatic carbocycles. The highest BCUT2D eigenvalue weighted by molar-refractivity contribution is 5.77. The third-order valence-corrected chi connectivity index (χ3v) is 1.41. The quantitative estimate of drug-likeness (QED) is 0.493. The summed E-state index contributed by atoms with van der Waals surface area (Å²) in [6.45, 7) is 3.82. The highest BCUT2D eigenvalue weighted by Gasteiger charge is 1.98. The molecule has 1 N–H and O–H groups in total. The largest absolute Gasteiger partial charge is 0.380 e. The molecule has 0 heterocycles. The molecular formula is C10H20FNO3. The van der Waals surface area contributed by atoms with Crippen LogP contribution in [0.15, 0.2) is 0 Å². The van der Waals surface area contributed by atoms with Crippen molar-refractivity contribution in [2.24, 2.45) is 0 Å². The predicted octanol–water partition coefficient (Wildman–Crippen LogP) is 1.09. The Morgan fingerprint density at radius 1 is 1.40 bits per heavy atom. The number of ether oxygens (including phenoxy) is 1. The maximum absolute atomic E-state index is 10.9. The van der Waals surface area contributed by atoms with E-state index >= 15 is 0 Å². The van der Waals surface area contributed by atoms with E-state index in [2.05, 4.69) is 5.32 Å². The third-order valence-electron chi connectivity index (χ3n) is 1.41. The molecule has 0 aromatic heterocycles. The van der Waals surface area contributed by atoms with Crippen molar-refractivity contribution in [3.05, 3.63) is 0 Å². The molecule has 0 spiro atoms. The Hall–Kier alpha value is -0.970. The summed E-state index contributed by atoms with van der Waals surface area (Å²) in [5.74, 6) is -0.0906. The minimum absolute atomic E-state index is 0.0906. The number of aldehydes is 1. The fraction of sp³-hybridized carbons (Fsp3) is 0.800. The lowest BCUT2D eigenvalue weighted by atomic mass is 10.3. The van der Waals surface area contributed by atoms with Crippen LogP contribution in [0.4, 0.5) is 4.39 Å². The van der Waals surface area contributed by atoms with Gasteiger partial charge in [0.1, 0.15) is 6.29 Å². The van der Waals surface area contributed by atoms with Crippen LogP contribution in [0, 0.1) is 0 Å². The molecule has 0 fully saturated rings. The normalized spacial score (nSPS) is 8.73. The van der Waals surface area contributed by atoms with E-state index in [1.54, 1.807) is 0 Å². The van der Waals surface area contributed by atoms with Gasteiger partial charge in [0.25, 0.3) is 0 Å². The maximum Gasteiger partial charge on any atom is 0.220 e. The van der Waals surface area contributed by atoms with Gasteiger partial charge >= 0.3 is 0 Å². The molecule has 0 aliphatic rings. The van der Waals surface area contributed by atoms with Gasteiger partial charge in [0, 0.05) is 26.0 Å². The second kappa shape index (κ2) is 15.5. The number of carbonyl (C=O) groups excluding carboxylic acids is 2. The molecule has 0 atom stereocenters. The summed E-state index contributed by atoms with van der Waals surface area (Å²) in [6.07, 6.45) is 2.30. The van der Waals surface area contributed by atoms with E-state index in [1.165, 1.54) is 0 Å². The lowest BCUT2D eigenvalue weighted by Crippen LogP contribution is -2.27. The van der Waals surface area contributed by atoms with Crippen molar-refractivity contribution < 1.29 is 18.7 Å². The van der Waals surface area contributed by atoms with Gasteiger partial charge in [-0.2, -0.15) is 0 Å². The minimum Gasteiger partial charge on any atom is -0.380 e. The van der Waals surface area contributed by atoms with Crippen LogP contribution < -0.4 is 5.32 Å². The van der Waals surface area contributed by atoms with Crippen molar-refractivity contribution >= 4 is 12.2 Å². The first-order chi connectivity index (χ1) is 7.31. The SMILES string of the molecule is CCCOCCNC(=O)CCC=O.CF. The molecule has 0 saturated carbocycles. The van der Waals surface area contributed by atoms with Crippen LogP contribution >= 0.6 is 0 Å². The van der Waals surface area contributed by atoms with Crippen molar-refractivity contribution in [3.8, 4) is 0 Å². The average Bonchev–Trinajstić information content (AvgIpc) is 2.29. The molecule has 15 heavy (non-hydrogen) atoms. The Bertz CT molecular complexity index is 154. The van der Waals surface area contributed by atoms with Crippen molar-refractivity contribution in [1.82, 2.24) is 5.32 Å². The van der Waals surface area contributed by atoms with Crippen LogP contribution in [-0.2, 0) is 14.3 Å². The smallest absolute Gasteiger partial charge is 0.220 e. The molecule has 0 bridgehead atoms. The van der Waals surface area contributed by atoms with E-state index in [0.717, 1.165) is 19.3 Å². The first-order valence-electron chi connectivity index (χ1n) is 4.97. The zero-order valence-corrected chi connectivity index (χ0v) is 9.42. The van der Waals surface area contributed by atoms with Crippen molar-refractivity contribution in [1.29, 1.82) is 0 Å². The van der Waals surface area contributed by atoms with Gasteiger partial charge in [-0.05, 0) is 6.42 Å². The molecule has 5 heteroatoms. The number of alkyl halides is 1. The first kappa shape index (κ1) is 16.5. The third kappa shape index (κ3) is 15.8. The van der Waals surface area contributed by atoms with Crippen molar-refractivity contribution in [2.75, 3.05) is 26.9 Å². The van der Waals surface area contributed by atoms with Gasteiger partial charge in [0.15, 0.2) is 0 Å². The molecule has 1 amide bonds. The van der Waals surface area contributed by atoms with Crippen LogP contribution in [0.5, 0.6) is 0 Å². The second-order valence-corrected chi connectivity index (χ2v) is 2.67. The average molecular weight is 221 g/mol. The Balaban J connectivity index is 0. The van der Waals surface area contributed by atoms with E-state index in [9.17, 15) is 14.0 Å². The summed E-state index contributed by atoms with van der Waals surface area (Å²) in [5.41, 5.74) is 0. The van der Waals surface area contributed by atoms with Crippen molar-refractivity contribution in [3.63, 3.8) is 0 Å². The molecule has 0 aromatic rings. The monoisotopic (exact) mass is 221 g/mol. The molecule has 90 valence electrons. The Morgan fingerprint density at radius 2 is 2.07 bits per heavy atom. The summed E-state index contributed by atoms with van der Waals surface area (Å²) in [4.78, 5) is 20.8. The molecule has 4 nitrogen and oxygen atoms in total. The minimum atomic E-state index is -0.0906. The highest BCUT2D eigenvalue weighted by Crippen LogP contribution is 1.84. The Labute approximate surface area is 90.2 Å². The van der Waals surface area contributed by atoms with Crippen LogP contribution in [0.1, 0.15) is 26.2 Å².